The number of thiazole rings is 1. The lowest BCUT2D eigenvalue weighted by atomic mass is 10.3. The molecule has 0 fully saturated rings. The van der Waals surface area contributed by atoms with E-state index in [9.17, 15) is 4.79 Å². The SMILES string of the molecule is Cn1cc(-c2ncc(C(=O)Nc3ccccc3Cl)s2)cn1. The Labute approximate surface area is 130 Å². The van der Waals surface area contributed by atoms with E-state index >= 15 is 0 Å². The maximum Gasteiger partial charge on any atom is 0.267 e. The lowest BCUT2D eigenvalue weighted by Gasteiger charge is -2.04. The van der Waals surface area contributed by atoms with Gasteiger partial charge in [0, 0.05) is 18.8 Å². The summed E-state index contributed by atoms with van der Waals surface area (Å²) in [4.78, 5) is 17.0. The van der Waals surface area contributed by atoms with Crippen LogP contribution in [0.15, 0.2) is 42.9 Å². The van der Waals surface area contributed by atoms with Gasteiger partial charge in [-0.25, -0.2) is 4.98 Å². The van der Waals surface area contributed by atoms with Crippen molar-refractivity contribution < 1.29 is 4.79 Å². The first-order valence-corrected chi connectivity index (χ1v) is 7.33. The molecule has 0 spiro atoms. The van der Waals surface area contributed by atoms with Crippen molar-refractivity contribution in [1.29, 1.82) is 0 Å². The highest BCUT2D eigenvalue weighted by atomic mass is 35.5. The van der Waals surface area contributed by atoms with E-state index < -0.39 is 0 Å². The number of hydrogen-bond donors (Lipinski definition) is 1. The Balaban J connectivity index is 1.80. The first-order valence-electron chi connectivity index (χ1n) is 6.14. The van der Waals surface area contributed by atoms with Crippen LogP contribution >= 0.6 is 22.9 Å². The summed E-state index contributed by atoms with van der Waals surface area (Å²) in [7, 11) is 1.84. The number of hydrogen-bond acceptors (Lipinski definition) is 4. The van der Waals surface area contributed by atoms with Crippen LogP contribution in [-0.2, 0) is 7.05 Å². The van der Waals surface area contributed by atoms with E-state index in [4.69, 9.17) is 11.6 Å². The highest BCUT2D eigenvalue weighted by Crippen LogP contribution is 2.26. The van der Waals surface area contributed by atoms with Crippen molar-refractivity contribution in [1.82, 2.24) is 14.8 Å². The molecular weight excluding hydrogens is 308 g/mol. The van der Waals surface area contributed by atoms with Crippen LogP contribution in [0.3, 0.4) is 0 Å². The third kappa shape index (κ3) is 2.96. The van der Waals surface area contributed by atoms with Crippen LogP contribution in [0.2, 0.25) is 5.02 Å². The fourth-order valence-corrected chi connectivity index (χ4v) is 2.76. The summed E-state index contributed by atoms with van der Waals surface area (Å²) in [6.45, 7) is 0. The van der Waals surface area contributed by atoms with Crippen LogP contribution in [0.1, 0.15) is 9.67 Å². The van der Waals surface area contributed by atoms with Crippen molar-refractivity contribution >= 4 is 34.5 Å². The Hall–Kier alpha value is -2.18. The summed E-state index contributed by atoms with van der Waals surface area (Å²) in [5.41, 5.74) is 1.47. The second-order valence-electron chi connectivity index (χ2n) is 4.37. The molecule has 5 nitrogen and oxygen atoms in total. The predicted molar refractivity (Wildman–Crippen MR) is 83.7 cm³/mol. The molecule has 1 amide bonds. The highest BCUT2D eigenvalue weighted by molar-refractivity contribution is 7.17. The molecule has 2 heterocycles. The second kappa shape index (κ2) is 5.67. The topological polar surface area (TPSA) is 59.8 Å². The molecular formula is C14H11ClN4OS. The van der Waals surface area contributed by atoms with Crippen molar-refractivity contribution in [3.05, 3.63) is 52.8 Å². The number of carbonyl (C=O) groups is 1. The zero-order chi connectivity index (χ0) is 14.8. The lowest BCUT2D eigenvalue weighted by Crippen LogP contribution is -2.10. The molecule has 21 heavy (non-hydrogen) atoms. The lowest BCUT2D eigenvalue weighted by molar-refractivity contribution is 0.103. The van der Waals surface area contributed by atoms with Gasteiger partial charge in [-0.3, -0.25) is 9.48 Å². The molecule has 2 aromatic heterocycles. The van der Waals surface area contributed by atoms with Gasteiger partial charge >= 0.3 is 0 Å². The molecule has 1 N–H and O–H groups in total. The molecule has 0 aliphatic heterocycles. The first kappa shape index (κ1) is 13.8. The Morgan fingerprint density at radius 2 is 2.14 bits per heavy atom. The summed E-state index contributed by atoms with van der Waals surface area (Å²) in [5.74, 6) is -0.226. The number of rotatable bonds is 3. The Morgan fingerprint density at radius 1 is 1.33 bits per heavy atom. The molecule has 0 aliphatic rings. The fraction of sp³-hybridized carbons (Fsp3) is 0.0714. The molecule has 0 saturated heterocycles. The van der Waals surface area contributed by atoms with E-state index in [1.54, 1.807) is 29.2 Å². The van der Waals surface area contributed by atoms with Gasteiger partial charge in [-0.15, -0.1) is 11.3 Å². The maximum atomic E-state index is 12.2. The molecule has 0 bridgehead atoms. The third-order valence-electron chi connectivity index (χ3n) is 2.80. The number of nitrogens with one attached hydrogen (secondary N) is 1. The molecule has 0 aliphatic carbocycles. The van der Waals surface area contributed by atoms with Crippen LogP contribution in [-0.4, -0.2) is 20.7 Å². The standard InChI is InChI=1S/C14H11ClN4OS/c1-19-8-9(6-17-19)14-16-7-12(21-14)13(20)18-11-5-3-2-4-10(11)15/h2-8H,1H3,(H,18,20). The minimum atomic E-state index is -0.226. The van der Waals surface area contributed by atoms with E-state index in [-0.39, 0.29) is 5.91 Å². The minimum Gasteiger partial charge on any atom is -0.320 e. The fourth-order valence-electron chi connectivity index (χ4n) is 1.79. The van der Waals surface area contributed by atoms with Gasteiger partial charge in [0.25, 0.3) is 5.91 Å². The largest absolute Gasteiger partial charge is 0.320 e. The average molecular weight is 319 g/mol. The third-order valence-corrected chi connectivity index (χ3v) is 4.18. The molecule has 0 saturated carbocycles. The number of benzene rings is 1. The molecule has 7 heteroatoms. The smallest absolute Gasteiger partial charge is 0.267 e. The minimum absolute atomic E-state index is 0.226. The highest BCUT2D eigenvalue weighted by Gasteiger charge is 2.13. The zero-order valence-electron chi connectivity index (χ0n) is 11.1. The van der Waals surface area contributed by atoms with Crippen LogP contribution < -0.4 is 5.32 Å². The molecule has 1 aromatic carbocycles. The number of carbonyl (C=O) groups excluding carboxylic acids is 1. The van der Waals surface area contributed by atoms with Crippen molar-refractivity contribution in [3.8, 4) is 10.6 Å². The van der Waals surface area contributed by atoms with Crippen LogP contribution in [0.5, 0.6) is 0 Å². The summed E-state index contributed by atoms with van der Waals surface area (Å²) in [5, 5.41) is 8.13. The molecule has 3 rings (SSSR count). The molecule has 3 aromatic rings. The van der Waals surface area contributed by atoms with E-state index in [0.29, 0.717) is 15.6 Å². The monoisotopic (exact) mass is 318 g/mol. The number of anilines is 1. The number of halogens is 1. The molecule has 0 unspecified atom stereocenters. The number of nitrogens with zero attached hydrogens (tertiary/aromatic N) is 3. The van der Waals surface area contributed by atoms with Gasteiger partial charge in [0.1, 0.15) is 9.88 Å². The second-order valence-corrected chi connectivity index (χ2v) is 5.80. The molecule has 106 valence electrons. The van der Waals surface area contributed by atoms with Crippen LogP contribution in [0.4, 0.5) is 5.69 Å². The van der Waals surface area contributed by atoms with E-state index in [2.05, 4.69) is 15.4 Å². The Morgan fingerprint density at radius 3 is 2.86 bits per heavy atom. The van der Waals surface area contributed by atoms with Crippen molar-refractivity contribution in [3.63, 3.8) is 0 Å². The first-order chi connectivity index (χ1) is 10.1. The number of aryl methyl sites for hydroxylation is 1. The van der Waals surface area contributed by atoms with Crippen molar-refractivity contribution in [2.45, 2.75) is 0 Å². The zero-order valence-corrected chi connectivity index (χ0v) is 12.6. The van der Waals surface area contributed by atoms with Gasteiger partial charge in [-0.1, -0.05) is 23.7 Å². The average Bonchev–Trinajstić information content (AvgIpc) is 3.10. The van der Waals surface area contributed by atoms with Gasteiger partial charge in [0.05, 0.1) is 23.1 Å². The summed E-state index contributed by atoms with van der Waals surface area (Å²) >= 11 is 7.33. The number of amides is 1. The van der Waals surface area contributed by atoms with Crippen molar-refractivity contribution in [2.75, 3.05) is 5.32 Å². The van der Waals surface area contributed by atoms with Crippen LogP contribution in [0.25, 0.3) is 10.6 Å². The van der Waals surface area contributed by atoms with Gasteiger partial charge in [0.15, 0.2) is 0 Å². The maximum absolute atomic E-state index is 12.2. The van der Waals surface area contributed by atoms with Crippen LogP contribution in [0, 0.1) is 0 Å². The number of aromatic nitrogens is 3. The Bertz CT molecular complexity index is 796. The van der Waals surface area contributed by atoms with Gasteiger partial charge in [-0.2, -0.15) is 5.10 Å². The van der Waals surface area contributed by atoms with Gasteiger partial charge in [-0.05, 0) is 12.1 Å². The number of para-hydroxylation sites is 1. The van der Waals surface area contributed by atoms with Gasteiger partial charge in [0.2, 0.25) is 0 Å². The summed E-state index contributed by atoms with van der Waals surface area (Å²) in [6, 6.07) is 7.11. The van der Waals surface area contributed by atoms with Crippen molar-refractivity contribution in [2.24, 2.45) is 7.05 Å². The summed E-state index contributed by atoms with van der Waals surface area (Å²) in [6.07, 6.45) is 5.13. The van der Waals surface area contributed by atoms with E-state index in [0.717, 1.165) is 10.6 Å². The molecule has 0 radical (unpaired) electrons. The quantitative estimate of drug-likeness (QED) is 0.804. The van der Waals surface area contributed by atoms with Gasteiger partial charge < -0.3 is 5.32 Å². The van der Waals surface area contributed by atoms with E-state index in [1.807, 2.05) is 25.4 Å². The normalized spacial score (nSPS) is 10.6. The van der Waals surface area contributed by atoms with E-state index in [1.165, 1.54) is 11.3 Å². The predicted octanol–water partition coefficient (Wildman–Crippen LogP) is 3.45. The summed E-state index contributed by atoms with van der Waals surface area (Å²) < 4.78 is 1.69. The molecule has 0 atom stereocenters. The Kier molecular flexibility index (Phi) is 3.72.